The third-order valence-electron chi connectivity index (χ3n) is 6.35. The smallest absolute Gasteiger partial charge is 0.237 e. The van der Waals surface area contributed by atoms with Gasteiger partial charge in [0.2, 0.25) is 5.91 Å². The van der Waals surface area contributed by atoms with Crippen molar-refractivity contribution in [1.82, 2.24) is 4.90 Å². The molecule has 0 unspecified atom stereocenters. The van der Waals surface area contributed by atoms with Crippen LogP contribution in [-0.4, -0.2) is 29.9 Å². The van der Waals surface area contributed by atoms with Gasteiger partial charge < -0.3 is 10.6 Å². The van der Waals surface area contributed by atoms with E-state index in [9.17, 15) is 4.79 Å². The zero-order valence-electron chi connectivity index (χ0n) is 14.0. The van der Waals surface area contributed by atoms with Crippen molar-refractivity contribution in [2.24, 2.45) is 5.73 Å². The number of carbonyl (C=O) groups is 1. The van der Waals surface area contributed by atoms with E-state index in [1.807, 2.05) is 23.1 Å². The maximum atomic E-state index is 13.8. The van der Waals surface area contributed by atoms with Crippen LogP contribution in [0.4, 0.5) is 0 Å². The quantitative estimate of drug-likeness (QED) is 0.854. The first-order chi connectivity index (χ1) is 12.1. The van der Waals surface area contributed by atoms with Gasteiger partial charge in [0, 0.05) is 30.1 Å². The van der Waals surface area contributed by atoms with Gasteiger partial charge in [-0.3, -0.25) is 4.79 Å². The highest BCUT2D eigenvalue weighted by Gasteiger charge is 2.58. The number of hydrogen-bond acceptors (Lipinski definition) is 2. The molecule has 0 spiro atoms. The Labute approximate surface area is 152 Å². The molecule has 1 fully saturated rings. The molecule has 2 aromatic rings. The highest BCUT2D eigenvalue weighted by Crippen LogP contribution is 2.61. The Morgan fingerprint density at radius 2 is 1.80 bits per heavy atom. The highest BCUT2D eigenvalue weighted by atomic mass is 35.5. The maximum absolute atomic E-state index is 13.8. The summed E-state index contributed by atoms with van der Waals surface area (Å²) in [4.78, 5) is 15.8. The van der Waals surface area contributed by atoms with Crippen molar-refractivity contribution < 1.29 is 4.79 Å². The third kappa shape index (κ3) is 2.00. The number of rotatable bonds is 1. The first kappa shape index (κ1) is 15.4. The Morgan fingerprint density at radius 3 is 2.60 bits per heavy atom. The minimum absolute atomic E-state index is 0.218. The van der Waals surface area contributed by atoms with Crippen LogP contribution < -0.4 is 5.73 Å². The second kappa shape index (κ2) is 5.33. The number of benzene rings is 2. The van der Waals surface area contributed by atoms with Gasteiger partial charge >= 0.3 is 0 Å². The molecule has 2 atom stereocenters. The summed E-state index contributed by atoms with van der Waals surface area (Å²) in [6.45, 7) is 1.51. The van der Waals surface area contributed by atoms with Gasteiger partial charge in [0.25, 0.3) is 0 Å². The molecule has 0 aromatic heterocycles. The van der Waals surface area contributed by atoms with Crippen LogP contribution in [0.15, 0.2) is 42.5 Å². The molecule has 2 N–H and O–H groups in total. The number of fused-ring (bicyclic) bond motifs is 8. The summed E-state index contributed by atoms with van der Waals surface area (Å²) in [6.07, 6.45) is 2.61. The van der Waals surface area contributed by atoms with Crippen molar-refractivity contribution in [2.75, 3.05) is 13.1 Å². The van der Waals surface area contributed by atoms with Crippen molar-refractivity contribution in [3.8, 4) is 0 Å². The summed E-state index contributed by atoms with van der Waals surface area (Å²) in [5.74, 6) is 0.537. The lowest BCUT2D eigenvalue weighted by molar-refractivity contribution is -0.136. The van der Waals surface area contributed by atoms with Crippen LogP contribution in [0.2, 0.25) is 5.02 Å². The van der Waals surface area contributed by atoms with Crippen molar-refractivity contribution >= 4 is 17.5 Å². The summed E-state index contributed by atoms with van der Waals surface area (Å²) in [5.41, 5.74) is 10.3. The molecular formula is C21H21ClN2O. The Bertz CT molecular complexity index is 872. The molecule has 2 bridgehead atoms. The summed E-state index contributed by atoms with van der Waals surface area (Å²) in [7, 11) is 0. The number of amides is 1. The fraction of sp³-hybridized carbons (Fsp3) is 0.381. The van der Waals surface area contributed by atoms with E-state index in [1.54, 1.807) is 0 Å². The number of piperidine rings is 1. The molecule has 4 heteroatoms. The average Bonchev–Trinajstić information content (AvgIpc) is 3.15. The standard InChI is InChI=1S/C21H21ClN2O/c22-13-5-6-16-17-12-21(19(16)11-13,18-4-2-1-3-15(17)18)20(25)24-9-7-14(23)8-10-24/h1-6,11,14,17H,7-10,12,23H2/t17-,21-/m0/s1. The monoisotopic (exact) mass is 352 g/mol. The predicted octanol–water partition coefficient (Wildman–Crippen LogP) is 3.42. The van der Waals surface area contributed by atoms with Gasteiger partial charge in [0.1, 0.15) is 5.41 Å². The van der Waals surface area contributed by atoms with E-state index in [4.69, 9.17) is 17.3 Å². The Kier molecular flexibility index (Phi) is 3.28. The molecule has 2 aromatic carbocycles. The molecule has 1 aliphatic heterocycles. The molecule has 2 aliphatic carbocycles. The number of nitrogens with two attached hydrogens (primary N) is 1. The van der Waals surface area contributed by atoms with Gasteiger partial charge in [-0.25, -0.2) is 0 Å². The SMILES string of the molecule is NC1CCN(C(=O)[C@@]23C[C@@H](c4ccccc42)c2ccc(Cl)cc23)CC1. The minimum atomic E-state index is -0.567. The molecule has 3 aliphatic rings. The van der Waals surface area contributed by atoms with E-state index < -0.39 is 5.41 Å². The Morgan fingerprint density at radius 1 is 1.08 bits per heavy atom. The minimum Gasteiger partial charge on any atom is -0.342 e. The summed E-state index contributed by atoms with van der Waals surface area (Å²) >= 11 is 6.32. The number of nitrogens with zero attached hydrogens (tertiary/aromatic N) is 1. The van der Waals surface area contributed by atoms with E-state index in [-0.39, 0.29) is 11.9 Å². The Balaban J connectivity index is 1.67. The van der Waals surface area contributed by atoms with Crippen molar-refractivity contribution in [3.63, 3.8) is 0 Å². The van der Waals surface area contributed by atoms with Crippen LogP contribution >= 0.6 is 11.6 Å². The van der Waals surface area contributed by atoms with Gasteiger partial charge in [0.15, 0.2) is 0 Å². The lowest BCUT2D eigenvalue weighted by Gasteiger charge is -2.38. The largest absolute Gasteiger partial charge is 0.342 e. The van der Waals surface area contributed by atoms with Crippen molar-refractivity contribution in [3.05, 3.63) is 69.7 Å². The molecule has 1 saturated heterocycles. The van der Waals surface area contributed by atoms with E-state index in [0.717, 1.165) is 37.9 Å². The third-order valence-corrected chi connectivity index (χ3v) is 6.58. The average molecular weight is 353 g/mol. The first-order valence-electron chi connectivity index (χ1n) is 9.05. The van der Waals surface area contributed by atoms with Gasteiger partial charge in [-0.1, -0.05) is 41.9 Å². The molecule has 0 radical (unpaired) electrons. The van der Waals surface area contributed by atoms with E-state index in [2.05, 4.69) is 24.3 Å². The second-order valence-electron chi connectivity index (χ2n) is 7.61. The van der Waals surface area contributed by atoms with Crippen LogP contribution in [-0.2, 0) is 10.2 Å². The second-order valence-corrected chi connectivity index (χ2v) is 8.05. The van der Waals surface area contributed by atoms with Crippen LogP contribution in [0, 0.1) is 0 Å². The topological polar surface area (TPSA) is 46.3 Å². The van der Waals surface area contributed by atoms with Crippen molar-refractivity contribution in [2.45, 2.75) is 36.6 Å². The maximum Gasteiger partial charge on any atom is 0.237 e. The summed E-state index contributed by atoms with van der Waals surface area (Å²) < 4.78 is 0. The number of likely N-dealkylation sites (tertiary alicyclic amines) is 1. The Hall–Kier alpha value is -1.84. The van der Waals surface area contributed by atoms with Crippen LogP contribution in [0.1, 0.15) is 47.4 Å². The van der Waals surface area contributed by atoms with Gasteiger partial charge in [-0.2, -0.15) is 0 Å². The molecular weight excluding hydrogens is 332 g/mol. The lowest BCUT2D eigenvalue weighted by atomic mass is 9.74. The molecule has 1 heterocycles. The fourth-order valence-corrected chi connectivity index (χ4v) is 5.31. The fourth-order valence-electron chi connectivity index (χ4n) is 5.14. The summed E-state index contributed by atoms with van der Waals surface area (Å²) in [5, 5.41) is 0.705. The van der Waals surface area contributed by atoms with E-state index >= 15 is 0 Å². The zero-order chi connectivity index (χ0) is 17.2. The molecule has 25 heavy (non-hydrogen) atoms. The zero-order valence-corrected chi connectivity index (χ0v) is 14.8. The molecule has 5 rings (SSSR count). The number of carbonyl (C=O) groups excluding carboxylic acids is 1. The number of hydrogen-bond donors (Lipinski definition) is 1. The molecule has 3 nitrogen and oxygen atoms in total. The lowest BCUT2D eigenvalue weighted by Crippen LogP contribution is -2.50. The van der Waals surface area contributed by atoms with E-state index in [0.29, 0.717) is 10.9 Å². The van der Waals surface area contributed by atoms with Crippen LogP contribution in [0.3, 0.4) is 0 Å². The first-order valence-corrected chi connectivity index (χ1v) is 9.43. The molecule has 1 amide bonds. The molecule has 0 saturated carbocycles. The van der Waals surface area contributed by atoms with Gasteiger partial charge in [-0.05, 0) is 53.6 Å². The highest BCUT2D eigenvalue weighted by molar-refractivity contribution is 6.30. The summed E-state index contributed by atoms with van der Waals surface area (Å²) in [6, 6.07) is 14.7. The van der Waals surface area contributed by atoms with Crippen LogP contribution in [0.5, 0.6) is 0 Å². The normalized spacial score (nSPS) is 27.3. The van der Waals surface area contributed by atoms with Crippen molar-refractivity contribution in [1.29, 1.82) is 0 Å². The van der Waals surface area contributed by atoms with Gasteiger partial charge in [0.05, 0.1) is 0 Å². The molecule has 128 valence electrons. The predicted molar refractivity (Wildman–Crippen MR) is 98.9 cm³/mol. The number of halogens is 1. The van der Waals surface area contributed by atoms with Gasteiger partial charge in [-0.15, -0.1) is 0 Å². The van der Waals surface area contributed by atoms with Crippen LogP contribution in [0.25, 0.3) is 0 Å². The van der Waals surface area contributed by atoms with E-state index in [1.165, 1.54) is 16.7 Å².